The molecule has 1 fully saturated rings. The van der Waals surface area contributed by atoms with Gasteiger partial charge < -0.3 is 10.2 Å². The summed E-state index contributed by atoms with van der Waals surface area (Å²) in [6.45, 7) is 7.99. The van der Waals surface area contributed by atoms with E-state index in [1.165, 1.54) is 12.0 Å². The van der Waals surface area contributed by atoms with Gasteiger partial charge in [-0.15, -0.1) is 24.0 Å². The van der Waals surface area contributed by atoms with E-state index in [9.17, 15) is 0 Å². The van der Waals surface area contributed by atoms with Crippen LogP contribution in [0.2, 0.25) is 0 Å². The molecule has 2 aromatic rings. The lowest BCUT2D eigenvalue weighted by Gasteiger charge is -2.25. The first-order valence-electron chi connectivity index (χ1n) is 9.85. The maximum absolute atomic E-state index is 4.92. The molecule has 1 atom stereocenters. The summed E-state index contributed by atoms with van der Waals surface area (Å²) in [5.74, 6) is 1.02. The normalized spacial score (nSPS) is 19.8. The van der Waals surface area contributed by atoms with E-state index in [4.69, 9.17) is 4.99 Å². The Bertz CT molecular complexity index is 793. The third kappa shape index (κ3) is 4.94. The molecule has 0 spiro atoms. The van der Waals surface area contributed by atoms with E-state index in [1.54, 1.807) is 6.20 Å². The molecule has 4 rings (SSSR count). The van der Waals surface area contributed by atoms with E-state index in [-0.39, 0.29) is 24.0 Å². The third-order valence-corrected chi connectivity index (χ3v) is 5.25. The molecule has 1 N–H and O–H groups in total. The van der Waals surface area contributed by atoms with Gasteiger partial charge in [-0.3, -0.25) is 4.90 Å². The number of halogens is 1. The molecule has 1 aromatic heterocycles. The first kappa shape index (κ1) is 20.9. The maximum Gasteiger partial charge on any atom is 0.194 e. The highest BCUT2D eigenvalue weighted by Gasteiger charge is 2.29. The Morgan fingerprint density at radius 2 is 2.11 bits per heavy atom. The Morgan fingerprint density at radius 3 is 2.86 bits per heavy atom. The van der Waals surface area contributed by atoms with E-state index >= 15 is 0 Å². The Kier molecular flexibility index (Phi) is 7.50. The van der Waals surface area contributed by atoms with Crippen molar-refractivity contribution >= 4 is 29.9 Å². The van der Waals surface area contributed by atoms with Crippen LogP contribution >= 0.6 is 24.0 Å². The number of hydrogen-bond donors (Lipinski definition) is 1. The summed E-state index contributed by atoms with van der Waals surface area (Å²) < 4.78 is 1.88. The van der Waals surface area contributed by atoms with Crippen molar-refractivity contribution in [3.05, 3.63) is 60.4 Å². The molecule has 0 aliphatic carbocycles. The number of nitrogens with one attached hydrogen (secondary N) is 1. The molecule has 1 saturated heterocycles. The summed E-state index contributed by atoms with van der Waals surface area (Å²) in [6, 6.07) is 11.0. The van der Waals surface area contributed by atoms with E-state index < -0.39 is 0 Å². The van der Waals surface area contributed by atoms with Crippen molar-refractivity contribution in [2.24, 2.45) is 4.99 Å². The lowest BCUT2D eigenvalue weighted by Crippen LogP contribution is -2.42. The molecule has 150 valence electrons. The van der Waals surface area contributed by atoms with Gasteiger partial charge in [-0.2, -0.15) is 5.10 Å². The molecule has 0 radical (unpaired) electrons. The number of aliphatic imine (C=N–C) groups is 1. The number of likely N-dealkylation sites (tertiary alicyclic amines) is 1. The van der Waals surface area contributed by atoms with Gasteiger partial charge in [0, 0.05) is 51.2 Å². The topological polar surface area (TPSA) is 48.7 Å². The van der Waals surface area contributed by atoms with E-state index in [1.807, 2.05) is 16.9 Å². The van der Waals surface area contributed by atoms with Gasteiger partial charge in [-0.05, 0) is 37.1 Å². The quantitative estimate of drug-likeness (QED) is 0.302. The second-order valence-electron chi connectivity index (χ2n) is 7.10. The smallest absolute Gasteiger partial charge is 0.194 e. The third-order valence-electron chi connectivity index (χ3n) is 5.25. The van der Waals surface area contributed by atoms with Crippen LogP contribution in [0.4, 0.5) is 0 Å². The largest absolute Gasteiger partial charge is 0.357 e. The molecular weight excluding hydrogens is 463 g/mol. The van der Waals surface area contributed by atoms with Gasteiger partial charge in [0.05, 0.1) is 12.2 Å². The van der Waals surface area contributed by atoms with Gasteiger partial charge in [-0.25, -0.2) is 9.67 Å². The fraction of sp³-hybridized carbons (Fsp3) is 0.429. The predicted octanol–water partition coefficient (Wildman–Crippen LogP) is 2.90. The minimum atomic E-state index is 0. The van der Waals surface area contributed by atoms with Crippen LogP contribution in [0, 0.1) is 0 Å². The Hall–Kier alpha value is -1.87. The van der Waals surface area contributed by atoms with Crippen LogP contribution in [-0.4, -0.2) is 64.3 Å². The van der Waals surface area contributed by atoms with Crippen LogP contribution in [0.1, 0.15) is 18.9 Å². The molecule has 2 aliphatic heterocycles. The maximum atomic E-state index is 4.92. The van der Waals surface area contributed by atoms with Crippen LogP contribution in [0.15, 0.2) is 59.9 Å². The average molecular weight is 492 g/mol. The number of nitrogens with zero attached hydrogens (tertiary/aromatic N) is 5. The van der Waals surface area contributed by atoms with Gasteiger partial charge in [-0.1, -0.05) is 24.3 Å². The summed E-state index contributed by atoms with van der Waals surface area (Å²) in [5.41, 5.74) is 2.26. The van der Waals surface area contributed by atoms with Gasteiger partial charge in [0.15, 0.2) is 5.96 Å². The van der Waals surface area contributed by atoms with Crippen molar-refractivity contribution in [2.75, 3.05) is 32.7 Å². The standard InChI is InChI=1S/C21H28N6.HI/c1-2-22-21(26-14-9-20(17-26)25-11-3-4-12-25)23-16-18-7-5-8-19(15-18)27-13-6-10-24-27;/h3-8,10,13,15,20H,2,9,11-12,14,16-17H2,1H3,(H,22,23);1H. The highest BCUT2D eigenvalue weighted by molar-refractivity contribution is 14.0. The first-order valence-corrected chi connectivity index (χ1v) is 9.85. The highest BCUT2D eigenvalue weighted by Crippen LogP contribution is 2.18. The fourth-order valence-electron chi connectivity index (χ4n) is 3.84. The summed E-state index contributed by atoms with van der Waals surface area (Å²) >= 11 is 0. The lowest BCUT2D eigenvalue weighted by molar-refractivity contribution is 0.259. The lowest BCUT2D eigenvalue weighted by atomic mass is 10.2. The molecule has 1 aromatic carbocycles. The van der Waals surface area contributed by atoms with Crippen LogP contribution in [-0.2, 0) is 6.54 Å². The summed E-state index contributed by atoms with van der Waals surface area (Å²) in [4.78, 5) is 9.88. The van der Waals surface area contributed by atoms with Crippen LogP contribution in [0.5, 0.6) is 0 Å². The molecule has 3 heterocycles. The molecule has 7 heteroatoms. The molecular formula is C21H29IN6. The van der Waals surface area contributed by atoms with Crippen molar-refractivity contribution in [1.29, 1.82) is 0 Å². The Morgan fingerprint density at radius 1 is 1.25 bits per heavy atom. The summed E-state index contributed by atoms with van der Waals surface area (Å²) in [6.07, 6.45) is 9.52. The molecule has 0 amide bonds. The van der Waals surface area contributed by atoms with E-state index in [0.717, 1.165) is 44.4 Å². The molecule has 0 saturated carbocycles. The van der Waals surface area contributed by atoms with Crippen molar-refractivity contribution in [3.63, 3.8) is 0 Å². The zero-order chi connectivity index (χ0) is 18.5. The van der Waals surface area contributed by atoms with E-state index in [2.05, 4.69) is 63.6 Å². The minimum Gasteiger partial charge on any atom is -0.357 e. The molecule has 2 aliphatic rings. The molecule has 6 nitrogen and oxygen atoms in total. The van der Waals surface area contributed by atoms with Gasteiger partial charge in [0.2, 0.25) is 0 Å². The monoisotopic (exact) mass is 492 g/mol. The zero-order valence-electron chi connectivity index (χ0n) is 16.4. The fourth-order valence-corrected chi connectivity index (χ4v) is 3.84. The average Bonchev–Trinajstić information content (AvgIpc) is 3.46. The number of benzene rings is 1. The summed E-state index contributed by atoms with van der Waals surface area (Å²) in [7, 11) is 0. The van der Waals surface area contributed by atoms with Crippen molar-refractivity contribution in [2.45, 2.75) is 25.9 Å². The minimum absolute atomic E-state index is 0. The number of guanidine groups is 1. The van der Waals surface area contributed by atoms with Crippen LogP contribution in [0.25, 0.3) is 5.69 Å². The van der Waals surface area contributed by atoms with Crippen molar-refractivity contribution < 1.29 is 0 Å². The van der Waals surface area contributed by atoms with E-state index in [0.29, 0.717) is 12.6 Å². The van der Waals surface area contributed by atoms with Crippen molar-refractivity contribution in [1.82, 2.24) is 24.9 Å². The SMILES string of the molecule is CCNC(=NCc1cccc(-n2cccn2)c1)N1CCC(N2CC=CC2)C1.I. The second kappa shape index (κ2) is 10.1. The van der Waals surface area contributed by atoms with Crippen LogP contribution in [0.3, 0.4) is 0 Å². The molecule has 28 heavy (non-hydrogen) atoms. The van der Waals surface area contributed by atoms with Gasteiger partial charge in [0.25, 0.3) is 0 Å². The second-order valence-corrected chi connectivity index (χ2v) is 7.10. The first-order chi connectivity index (χ1) is 13.3. The molecule has 1 unspecified atom stereocenters. The highest BCUT2D eigenvalue weighted by atomic mass is 127. The Balaban J connectivity index is 0.00000225. The van der Waals surface area contributed by atoms with Gasteiger partial charge in [0.1, 0.15) is 0 Å². The Labute approximate surface area is 184 Å². The predicted molar refractivity (Wildman–Crippen MR) is 124 cm³/mol. The molecule has 0 bridgehead atoms. The number of hydrogen-bond acceptors (Lipinski definition) is 3. The summed E-state index contributed by atoms with van der Waals surface area (Å²) in [5, 5.41) is 7.78. The van der Waals surface area contributed by atoms with Crippen molar-refractivity contribution in [3.8, 4) is 5.69 Å². The zero-order valence-corrected chi connectivity index (χ0v) is 18.7. The van der Waals surface area contributed by atoms with Crippen LogP contribution < -0.4 is 5.32 Å². The number of rotatable bonds is 5. The van der Waals surface area contributed by atoms with Gasteiger partial charge >= 0.3 is 0 Å². The number of aromatic nitrogens is 2.